The van der Waals surface area contributed by atoms with Gasteiger partial charge in [0.2, 0.25) is 0 Å². The van der Waals surface area contributed by atoms with Crippen LogP contribution >= 0.6 is 11.3 Å². The number of nitrogens with zero attached hydrogens (tertiary/aromatic N) is 2. The Morgan fingerprint density at radius 1 is 1.33 bits per heavy atom. The zero-order chi connectivity index (χ0) is 12.7. The van der Waals surface area contributed by atoms with E-state index in [0.717, 1.165) is 0 Å². The van der Waals surface area contributed by atoms with Gasteiger partial charge < -0.3 is 5.11 Å². The molecule has 0 amide bonds. The molecule has 4 nitrogen and oxygen atoms in total. The fraction of sp³-hybridized carbons (Fsp3) is 0. The number of imidazole rings is 1. The van der Waals surface area contributed by atoms with E-state index >= 15 is 0 Å². The van der Waals surface area contributed by atoms with Gasteiger partial charge in [0.1, 0.15) is 11.5 Å². The molecule has 18 heavy (non-hydrogen) atoms. The molecule has 0 atom stereocenters. The zero-order valence-corrected chi connectivity index (χ0v) is 9.82. The highest BCUT2D eigenvalue weighted by Crippen LogP contribution is 2.26. The molecule has 2 heterocycles. The summed E-state index contributed by atoms with van der Waals surface area (Å²) in [7, 11) is 0. The summed E-state index contributed by atoms with van der Waals surface area (Å²) in [4.78, 5) is 16.2. The van der Waals surface area contributed by atoms with Crippen molar-refractivity contribution in [2.45, 2.75) is 0 Å². The molecule has 0 aliphatic carbocycles. The van der Waals surface area contributed by atoms with E-state index in [9.17, 15) is 14.3 Å². The van der Waals surface area contributed by atoms with Crippen LogP contribution in [0.5, 0.6) is 0 Å². The Balaban J connectivity index is 2.27. The van der Waals surface area contributed by atoms with E-state index in [1.807, 2.05) is 0 Å². The van der Waals surface area contributed by atoms with E-state index in [0.29, 0.717) is 16.2 Å². The summed E-state index contributed by atoms with van der Waals surface area (Å²) in [5, 5.41) is 11.0. The third-order valence-electron chi connectivity index (χ3n) is 2.58. The molecule has 0 fully saturated rings. The molecule has 0 aliphatic heterocycles. The first-order valence-corrected chi connectivity index (χ1v) is 5.99. The smallest absolute Gasteiger partial charge is 0.355 e. The van der Waals surface area contributed by atoms with Crippen molar-refractivity contribution in [3.05, 3.63) is 47.4 Å². The van der Waals surface area contributed by atoms with Crippen molar-refractivity contribution in [3.8, 4) is 11.3 Å². The first kappa shape index (κ1) is 10.9. The van der Waals surface area contributed by atoms with Crippen molar-refractivity contribution < 1.29 is 14.3 Å². The van der Waals surface area contributed by atoms with E-state index in [1.165, 1.54) is 40.0 Å². The largest absolute Gasteiger partial charge is 0.476 e. The van der Waals surface area contributed by atoms with Gasteiger partial charge in [-0.3, -0.25) is 4.40 Å². The monoisotopic (exact) mass is 262 g/mol. The second-order valence-electron chi connectivity index (χ2n) is 3.68. The van der Waals surface area contributed by atoms with Crippen LogP contribution in [0.15, 0.2) is 35.8 Å². The third kappa shape index (κ3) is 1.58. The number of carboxylic acids is 1. The average molecular weight is 262 g/mol. The molecule has 2 aromatic heterocycles. The maximum Gasteiger partial charge on any atom is 0.355 e. The number of hydrogen-bond donors (Lipinski definition) is 1. The number of thiazole rings is 1. The standard InChI is InChI=1S/C12H7FN2O2S/c13-8-3-1-7(2-4-8)9-10(11(16)17)15-5-6-18-12(15)14-9/h1-6H,(H,16,17). The molecular weight excluding hydrogens is 255 g/mol. The quantitative estimate of drug-likeness (QED) is 0.772. The fourth-order valence-electron chi connectivity index (χ4n) is 1.80. The lowest BCUT2D eigenvalue weighted by Gasteiger charge is -1.99. The molecule has 3 rings (SSSR count). The predicted molar refractivity (Wildman–Crippen MR) is 65.4 cm³/mol. The number of carboxylic acid groups (broad SMARTS) is 1. The highest BCUT2D eigenvalue weighted by atomic mass is 32.1. The summed E-state index contributed by atoms with van der Waals surface area (Å²) in [6, 6.07) is 5.62. The Hall–Kier alpha value is -2.21. The molecule has 0 bridgehead atoms. The van der Waals surface area contributed by atoms with Crippen LogP contribution in [0.4, 0.5) is 4.39 Å². The second kappa shape index (κ2) is 3.92. The number of rotatable bonds is 2. The third-order valence-corrected chi connectivity index (χ3v) is 3.34. The van der Waals surface area contributed by atoms with Gasteiger partial charge in [-0.25, -0.2) is 14.2 Å². The van der Waals surface area contributed by atoms with Crippen LogP contribution in [0.25, 0.3) is 16.2 Å². The predicted octanol–water partition coefficient (Wildman–Crippen LogP) is 2.90. The zero-order valence-electron chi connectivity index (χ0n) is 9.00. The van der Waals surface area contributed by atoms with Gasteiger partial charge in [0.15, 0.2) is 10.7 Å². The Morgan fingerprint density at radius 2 is 2.06 bits per heavy atom. The summed E-state index contributed by atoms with van der Waals surface area (Å²) in [5.41, 5.74) is 1.04. The Morgan fingerprint density at radius 3 is 2.72 bits per heavy atom. The van der Waals surface area contributed by atoms with E-state index in [4.69, 9.17) is 0 Å². The molecule has 0 saturated heterocycles. The Labute approximate surface area is 105 Å². The van der Waals surface area contributed by atoms with Crippen molar-refractivity contribution >= 4 is 22.3 Å². The van der Waals surface area contributed by atoms with Crippen LogP contribution < -0.4 is 0 Å². The van der Waals surface area contributed by atoms with Crippen molar-refractivity contribution in [2.75, 3.05) is 0 Å². The van der Waals surface area contributed by atoms with Crippen LogP contribution in [-0.4, -0.2) is 20.5 Å². The average Bonchev–Trinajstić information content (AvgIpc) is 2.88. The number of aromatic nitrogens is 2. The number of fused-ring (bicyclic) bond motifs is 1. The normalized spacial score (nSPS) is 10.9. The molecule has 0 aliphatic rings. The van der Waals surface area contributed by atoms with Crippen LogP contribution in [0.2, 0.25) is 0 Å². The van der Waals surface area contributed by atoms with Crippen LogP contribution in [0.3, 0.4) is 0 Å². The molecule has 0 spiro atoms. The molecule has 1 aromatic carbocycles. The highest BCUT2D eigenvalue weighted by Gasteiger charge is 2.20. The summed E-state index contributed by atoms with van der Waals surface area (Å²) >= 11 is 1.35. The number of hydrogen-bond acceptors (Lipinski definition) is 3. The van der Waals surface area contributed by atoms with E-state index in [2.05, 4.69) is 4.98 Å². The summed E-state index contributed by atoms with van der Waals surface area (Å²) < 4.78 is 14.4. The van der Waals surface area contributed by atoms with Crippen molar-refractivity contribution in [1.29, 1.82) is 0 Å². The van der Waals surface area contributed by atoms with Gasteiger partial charge in [-0.05, 0) is 24.3 Å². The molecule has 3 aromatic rings. The summed E-state index contributed by atoms with van der Waals surface area (Å²) in [6.07, 6.45) is 1.66. The summed E-state index contributed by atoms with van der Waals surface area (Å²) in [6.45, 7) is 0. The van der Waals surface area contributed by atoms with Crippen LogP contribution in [0.1, 0.15) is 10.5 Å². The maximum absolute atomic E-state index is 12.9. The topological polar surface area (TPSA) is 54.6 Å². The summed E-state index contributed by atoms with van der Waals surface area (Å²) in [5.74, 6) is -1.42. The molecule has 0 saturated carbocycles. The van der Waals surface area contributed by atoms with Gasteiger partial charge in [-0.1, -0.05) is 0 Å². The minimum absolute atomic E-state index is 0.0952. The number of aromatic carboxylic acids is 1. The molecular formula is C12H7FN2O2S. The van der Waals surface area contributed by atoms with Gasteiger partial charge in [0.05, 0.1) is 0 Å². The van der Waals surface area contributed by atoms with Crippen molar-refractivity contribution in [2.24, 2.45) is 0 Å². The maximum atomic E-state index is 12.9. The lowest BCUT2D eigenvalue weighted by atomic mass is 10.1. The van der Waals surface area contributed by atoms with E-state index in [1.54, 1.807) is 11.6 Å². The van der Waals surface area contributed by atoms with E-state index < -0.39 is 5.97 Å². The number of carbonyl (C=O) groups is 1. The molecule has 0 radical (unpaired) electrons. The minimum Gasteiger partial charge on any atom is -0.476 e. The van der Waals surface area contributed by atoms with Crippen molar-refractivity contribution in [3.63, 3.8) is 0 Å². The Bertz CT molecular complexity index is 730. The second-order valence-corrected chi connectivity index (χ2v) is 4.55. The fourth-order valence-corrected chi connectivity index (χ4v) is 2.51. The first-order valence-electron chi connectivity index (χ1n) is 5.11. The molecule has 90 valence electrons. The van der Waals surface area contributed by atoms with Gasteiger partial charge >= 0.3 is 5.97 Å². The number of benzene rings is 1. The lowest BCUT2D eigenvalue weighted by molar-refractivity contribution is 0.0690. The Kier molecular flexibility index (Phi) is 2.38. The van der Waals surface area contributed by atoms with Gasteiger partial charge in [-0.2, -0.15) is 0 Å². The first-order chi connectivity index (χ1) is 8.66. The van der Waals surface area contributed by atoms with Crippen LogP contribution in [0, 0.1) is 5.82 Å². The molecule has 0 unspecified atom stereocenters. The lowest BCUT2D eigenvalue weighted by Crippen LogP contribution is -2.02. The van der Waals surface area contributed by atoms with Crippen molar-refractivity contribution in [1.82, 2.24) is 9.38 Å². The van der Waals surface area contributed by atoms with Crippen LogP contribution in [-0.2, 0) is 0 Å². The van der Waals surface area contributed by atoms with Gasteiger partial charge in [0, 0.05) is 17.1 Å². The number of halogens is 1. The van der Waals surface area contributed by atoms with Gasteiger partial charge in [-0.15, -0.1) is 11.3 Å². The highest BCUT2D eigenvalue weighted by molar-refractivity contribution is 7.15. The van der Waals surface area contributed by atoms with E-state index in [-0.39, 0.29) is 11.5 Å². The molecule has 6 heteroatoms. The van der Waals surface area contributed by atoms with Gasteiger partial charge in [0.25, 0.3) is 0 Å². The minimum atomic E-state index is -1.06. The molecule has 1 N–H and O–H groups in total. The SMILES string of the molecule is O=C(O)c1c(-c2ccc(F)cc2)nc2sccn12.